The average molecular weight is 299 g/mol. The highest BCUT2D eigenvalue weighted by molar-refractivity contribution is 6.12. The van der Waals surface area contributed by atoms with Gasteiger partial charge >= 0.3 is 5.97 Å². The number of methoxy groups -OCH3 is 2. The number of benzene rings is 1. The number of cyclic esters (lactones) is 1. The van der Waals surface area contributed by atoms with Crippen LogP contribution in [-0.4, -0.2) is 26.1 Å². The third-order valence-corrected chi connectivity index (χ3v) is 3.07. The van der Waals surface area contributed by atoms with Crippen LogP contribution >= 0.6 is 0 Å². The lowest BCUT2D eigenvalue weighted by atomic mass is 10.2. The molecule has 0 atom stereocenters. The van der Waals surface area contributed by atoms with Gasteiger partial charge in [-0.25, -0.2) is 9.79 Å². The van der Waals surface area contributed by atoms with E-state index in [1.54, 1.807) is 37.4 Å². The summed E-state index contributed by atoms with van der Waals surface area (Å²) in [6.45, 7) is 0. The topological polar surface area (TPSA) is 70.3 Å². The van der Waals surface area contributed by atoms with Crippen molar-refractivity contribution in [2.45, 2.75) is 0 Å². The molecule has 0 amide bonds. The number of hydrogen-bond donors (Lipinski definition) is 0. The Balaban J connectivity index is 1.94. The van der Waals surface area contributed by atoms with Crippen LogP contribution in [0.4, 0.5) is 0 Å². The molecule has 1 aromatic heterocycles. The molecule has 2 aromatic rings. The Kier molecular flexibility index (Phi) is 3.65. The fraction of sp³-hybridized carbons (Fsp3) is 0.125. The molecular weight excluding hydrogens is 286 g/mol. The van der Waals surface area contributed by atoms with Crippen molar-refractivity contribution in [1.82, 2.24) is 0 Å². The number of ether oxygens (including phenoxy) is 3. The van der Waals surface area contributed by atoms with Crippen LogP contribution in [0.15, 0.2) is 51.7 Å². The minimum atomic E-state index is -0.527. The third-order valence-electron chi connectivity index (χ3n) is 3.07. The van der Waals surface area contributed by atoms with Gasteiger partial charge in [0.25, 0.3) is 0 Å². The second-order valence-corrected chi connectivity index (χ2v) is 4.42. The molecule has 0 N–H and O–H groups in total. The van der Waals surface area contributed by atoms with Crippen molar-refractivity contribution in [1.29, 1.82) is 0 Å². The number of furan rings is 1. The molecule has 22 heavy (non-hydrogen) atoms. The van der Waals surface area contributed by atoms with Crippen molar-refractivity contribution in [3.8, 4) is 11.5 Å². The van der Waals surface area contributed by atoms with Crippen LogP contribution in [0.2, 0.25) is 0 Å². The molecule has 0 unspecified atom stereocenters. The Morgan fingerprint density at radius 1 is 1.14 bits per heavy atom. The maximum atomic E-state index is 11.9. The van der Waals surface area contributed by atoms with Crippen molar-refractivity contribution in [2.75, 3.05) is 14.2 Å². The van der Waals surface area contributed by atoms with E-state index in [4.69, 9.17) is 18.6 Å². The van der Waals surface area contributed by atoms with E-state index in [-0.39, 0.29) is 11.6 Å². The van der Waals surface area contributed by atoms with E-state index < -0.39 is 5.97 Å². The minimum absolute atomic E-state index is 0.180. The highest BCUT2D eigenvalue weighted by Gasteiger charge is 2.25. The van der Waals surface area contributed by atoms with Gasteiger partial charge in [0.2, 0.25) is 5.90 Å². The van der Waals surface area contributed by atoms with Gasteiger partial charge in [-0.05, 0) is 30.3 Å². The van der Waals surface area contributed by atoms with Crippen molar-refractivity contribution in [3.05, 3.63) is 53.6 Å². The summed E-state index contributed by atoms with van der Waals surface area (Å²) in [5.41, 5.74) is 0.800. The van der Waals surface area contributed by atoms with Gasteiger partial charge < -0.3 is 18.6 Å². The maximum Gasteiger partial charge on any atom is 0.363 e. The molecule has 3 rings (SSSR count). The predicted molar refractivity (Wildman–Crippen MR) is 78.9 cm³/mol. The van der Waals surface area contributed by atoms with Crippen LogP contribution in [0.5, 0.6) is 11.5 Å². The molecule has 1 aliphatic heterocycles. The van der Waals surface area contributed by atoms with Crippen molar-refractivity contribution in [3.63, 3.8) is 0 Å². The van der Waals surface area contributed by atoms with Crippen molar-refractivity contribution < 1.29 is 23.4 Å². The molecule has 0 bridgehead atoms. The first-order chi connectivity index (χ1) is 10.7. The summed E-state index contributed by atoms with van der Waals surface area (Å²) >= 11 is 0. The van der Waals surface area contributed by atoms with Gasteiger partial charge in [0.05, 0.1) is 20.5 Å². The standard InChI is InChI=1S/C16H13NO5/c1-19-13-6-5-10(8-14(13)20-2)15-17-12(16(18)22-15)9-11-4-3-7-21-11/h3-9H,1-2H3/b12-9-. The smallest absolute Gasteiger partial charge is 0.363 e. The van der Waals surface area contributed by atoms with Crippen molar-refractivity contribution >= 4 is 17.9 Å². The van der Waals surface area contributed by atoms with E-state index in [1.807, 2.05) is 0 Å². The van der Waals surface area contributed by atoms with Crippen LogP contribution in [0.3, 0.4) is 0 Å². The molecule has 0 spiro atoms. The predicted octanol–water partition coefficient (Wildman–Crippen LogP) is 2.64. The largest absolute Gasteiger partial charge is 0.493 e. The van der Waals surface area contributed by atoms with Crippen LogP contribution in [0.25, 0.3) is 6.08 Å². The number of nitrogens with zero attached hydrogens (tertiary/aromatic N) is 1. The molecule has 1 aromatic carbocycles. The van der Waals surface area contributed by atoms with E-state index in [0.29, 0.717) is 22.8 Å². The molecule has 6 heteroatoms. The number of rotatable bonds is 4. The second kappa shape index (κ2) is 5.77. The zero-order chi connectivity index (χ0) is 15.5. The summed E-state index contributed by atoms with van der Waals surface area (Å²) in [7, 11) is 3.08. The molecule has 0 saturated heterocycles. The van der Waals surface area contributed by atoms with Crippen LogP contribution in [-0.2, 0) is 9.53 Å². The minimum Gasteiger partial charge on any atom is -0.493 e. The van der Waals surface area contributed by atoms with E-state index in [2.05, 4.69) is 4.99 Å². The molecule has 6 nitrogen and oxygen atoms in total. The van der Waals surface area contributed by atoms with Crippen LogP contribution in [0, 0.1) is 0 Å². The van der Waals surface area contributed by atoms with Gasteiger partial charge in [-0.2, -0.15) is 0 Å². The number of hydrogen-bond acceptors (Lipinski definition) is 6. The summed E-state index contributed by atoms with van der Waals surface area (Å²) < 4.78 is 20.7. The zero-order valence-corrected chi connectivity index (χ0v) is 12.0. The molecule has 2 heterocycles. The number of esters is 1. The lowest BCUT2D eigenvalue weighted by Crippen LogP contribution is -2.05. The molecule has 0 radical (unpaired) electrons. The van der Waals surface area contributed by atoms with Gasteiger partial charge in [0, 0.05) is 11.6 Å². The highest BCUT2D eigenvalue weighted by Crippen LogP contribution is 2.29. The highest BCUT2D eigenvalue weighted by atomic mass is 16.6. The average Bonchev–Trinajstić information content (AvgIpc) is 3.17. The summed E-state index contributed by atoms with van der Waals surface area (Å²) in [4.78, 5) is 16.1. The first-order valence-corrected chi connectivity index (χ1v) is 6.49. The Labute approximate surface area is 126 Å². The monoisotopic (exact) mass is 299 g/mol. The fourth-order valence-corrected chi connectivity index (χ4v) is 2.01. The van der Waals surface area contributed by atoms with E-state index in [1.165, 1.54) is 19.4 Å². The Bertz CT molecular complexity index is 759. The molecule has 0 aliphatic carbocycles. The fourth-order valence-electron chi connectivity index (χ4n) is 2.01. The van der Waals surface area contributed by atoms with E-state index >= 15 is 0 Å². The Morgan fingerprint density at radius 2 is 1.95 bits per heavy atom. The molecule has 0 saturated carbocycles. The third kappa shape index (κ3) is 2.58. The van der Waals surface area contributed by atoms with Gasteiger partial charge in [0.15, 0.2) is 17.2 Å². The van der Waals surface area contributed by atoms with Gasteiger partial charge in [0.1, 0.15) is 5.76 Å². The SMILES string of the molecule is COc1ccc(C2=N/C(=C\c3ccco3)C(=O)O2)cc1OC. The number of carbonyl (C=O) groups excluding carboxylic acids is 1. The second-order valence-electron chi connectivity index (χ2n) is 4.42. The number of aliphatic imine (C=N–C) groups is 1. The zero-order valence-electron chi connectivity index (χ0n) is 12.0. The Hall–Kier alpha value is -3.02. The quantitative estimate of drug-likeness (QED) is 0.641. The summed E-state index contributed by atoms with van der Waals surface area (Å²) in [6, 6.07) is 8.61. The van der Waals surface area contributed by atoms with E-state index in [9.17, 15) is 4.79 Å². The molecular formula is C16H13NO5. The van der Waals surface area contributed by atoms with Gasteiger partial charge in [-0.1, -0.05) is 0 Å². The van der Waals surface area contributed by atoms with Crippen LogP contribution in [0.1, 0.15) is 11.3 Å². The van der Waals surface area contributed by atoms with Gasteiger partial charge in [-0.3, -0.25) is 0 Å². The van der Waals surface area contributed by atoms with Gasteiger partial charge in [-0.15, -0.1) is 0 Å². The first kappa shape index (κ1) is 13.9. The lowest BCUT2D eigenvalue weighted by molar-refractivity contribution is -0.129. The number of carbonyl (C=O) groups is 1. The Morgan fingerprint density at radius 3 is 2.64 bits per heavy atom. The first-order valence-electron chi connectivity index (χ1n) is 6.49. The van der Waals surface area contributed by atoms with E-state index in [0.717, 1.165) is 0 Å². The maximum absolute atomic E-state index is 11.9. The molecule has 0 fully saturated rings. The lowest BCUT2D eigenvalue weighted by Gasteiger charge is -2.08. The summed E-state index contributed by atoms with van der Waals surface area (Å²) in [5.74, 6) is 1.33. The summed E-state index contributed by atoms with van der Waals surface area (Å²) in [5, 5.41) is 0. The molecule has 112 valence electrons. The summed E-state index contributed by atoms with van der Waals surface area (Å²) in [6.07, 6.45) is 3.04. The normalized spacial score (nSPS) is 15.6. The molecule has 1 aliphatic rings. The van der Waals surface area contributed by atoms with Crippen molar-refractivity contribution in [2.24, 2.45) is 4.99 Å². The van der Waals surface area contributed by atoms with Crippen LogP contribution < -0.4 is 9.47 Å².